The van der Waals surface area contributed by atoms with Crippen LogP contribution in [-0.2, 0) is 14.1 Å². The number of rotatable bonds is 7. The fourth-order valence-corrected chi connectivity index (χ4v) is 5.49. The molecule has 3 saturated carbocycles. The van der Waals surface area contributed by atoms with E-state index in [9.17, 15) is 18.4 Å². The molecule has 2 N–H and O–H groups in total. The number of carbonyl (C=O) groups excluding carboxylic acids is 2. The van der Waals surface area contributed by atoms with Crippen LogP contribution in [0.5, 0.6) is 0 Å². The van der Waals surface area contributed by atoms with Gasteiger partial charge in [0.1, 0.15) is 0 Å². The molecule has 4 aliphatic rings. The monoisotopic (exact) mass is 448 g/mol. The molecule has 1 unspecified atom stereocenters. The maximum absolute atomic E-state index is 13.8. The van der Waals surface area contributed by atoms with Crippen LogP contribution < -0.4 is 10.6 Å². The topological polar surface area (TPSA) is 76.7 Å². The Balaban J connectivity index is 1.35. The standard InChI is InChI=1S/C23H31BF2N2O4/c1-12(2)8-18(24-31-17-10-13-9-15(21(17)32-24)23(13,3)4)28-19(29)11-27-22(30)14-6-5-7-16(25)20(14)26/h5-7,12-13,15,17-18,21H,8-11H2,1-4H3,(H,27,30)(H,28,29)/t13-,15?,17+,18-,21-/m0/s1. The molecular formula is C23H31BF2N2O4. The molecule has 1 aliphatic heterocycles. The van der Waals surface area contributed by atoms with Crippen molar-refractivity contribution in [3.63, 3.8) is 0 Å². The zero-order valence-electron chi connectivity index (χ0n) is 19.0. The second-order valence-corrected chi connectivity index (χ2v) is 10.3. The molecule has 0 radical (unpaired) electrons. The van der Waals surface area contributed by atoms with E-state index in [1.165, 1.54) is 12.1 Å². The van der Waals surface area contributed by atoms with Gasteiger partial charge >= 0.3 is 7.12 Å². The number of halogens is 2. The van der Waals surface area contributed by atoms with Crippen molar-refractivity contribution in [2.75, 3.05) is 6.54 Å². The zero-order chi connectivity index (χ0) is 23.2. The average molecular weight is 448 g/mol. The minimum atomic E-state index is -1.24. The molecule has 1 saturated heterocycles. The Kier molecular flexibility index (Phi) is 6.33. The summed E-state index contributed by atoms with van der Waals surface area (Å²) in [5, 5.41) is 5.26. The lowest BCUT2D eigenvalue weighted by molar-refractivity contribution is -0.150. The van der Waals surface area contributed by atoms with Crippen molar-refractivity contribution in [1.29, 1.82) is 0 Å². The molecule has 5 atom stereocenters. The van der Waals surface area contributed by atoms with Gasteiger partial charge in [-0.25, -0.2) is 8.78 Å². The number of benzene rings is 1. The first-order valence-electron chi connectivity index (χ1n) is 11.4. The summed E-state index contributed by atoms with van der Waals surface area (Å²) in [4.78, 5) is 24.7. The first-order valence-corrected chi connectivity index (χ1v) is 11.4. The van der Waals surface area contributed by atoms with Crippen LogP contribution in [0.1, 0.15) is 57.3 Å². The van der Waals surface area contributed by atoms with E-state index in [0.717, 1.165) is 18.9 Å². The Morgan fingerprint density at radius 1 is 1.22 bits per heavy atom. The van der Waals surface area contributed by atoms with E-state index in [4.69, 9.17) is 9.31 Å². The lowest BCUT2D eigenvalue weighted by Gasteiger charge is -2.60. The number of hydrogen-bond donors (Lipinski definition) is 2. The van der Waals surface area contributed by atoms with Gasteiger partial charge in [-0.2, -0.15) is 0 Å². The zero-order valence-corrected chi connectivity index (χ0v) is 19.0. The molecule has 9 heteroatoms. The Hall–Kier alpha value is -2.00. The van der Waals surface area contributed by atoms with E-state index in [0.29, 0.717) is 18.3 Å². The number of carbonyl (C=O) groups is 2. The highest BCUT2D eigenvalue weighted by Gasteiger charge is 2.62. The van der Waals surface area contributed by atoms with E-state index in [1.54, 1.807) is 0 Å². The minimum absolute atomic E-state index is 0.0437. The molecule has 1 aromatic rings. The normalized spacial score (nSPS) is 28.7. The molecule has 2 bridgehead atoms. The second kappa shape index (κ2) is 8.74. The summed E-state index contributed by atoms with van der Waals surface area (Å²) < 4.78 is 39.7. The summed E-state index contributed by atoms with van der Waals surface area (Å²) in [6.07, 6.45) is 2.89. The van der Waals surface area contributed by atoms with Gasteiger partial charge in [0.25, 0.3) is 5.91 Å². The third-order valence-corrected chi connectivity index (χ3v) is 7.43. The van der Waals surface area contributed by atoms with Gasteiger partial charge in [0.15, 0.2) is 11.6 Å². The van der Waals surface area contributed by atoms with Crippen LogP contribution in [0.3, 0.4) is 0 Å². The van der Waals surface area contributed by atoms with Crippen LogP contribution in [0.15, 0.2) is 18.2 Å². The van der Waals surface area contributed by atoms with Gasteiger partial charge in [0.05, 0.1) is 30.3 Å². The molecule has 32 heavy (non-hydrogen) atoms. The first kappa shape index (κ1) is 23.2. The van der Waals surface area contributed by atoms with Crippen molar-refractivity contribution < 1.29 is 27.7 Å². The predicted octanol–water partition coefficient (Wildman–Crippen LogP) is 3.10. The molecule has 3 aliphatic carbocycles. The van der Waals surface area contributed by atoms with Crippen molar-refractivity contribution in [3.05, 3.63) is 35.4 Å². The van der Waals surface area contributed by atoms with Crippen molar-refractivity contribution in [3.8, 4) is 0 Å². The number of amides is 2. The average Bonchev–Trinajstić information content (AvgIpc) is 3.17. The highest BCUT2D eigenvalue weighted by atomic mass is 19.2. The van der Waals surface area contributed by atoms with Crippen molar-refractivity contribution in [2.45, 2.75) is 65.1 Å². The molecule has 1 aromatic carbocycles. The Bertz CT molecular complexity index is 897. The largest absolute Gasteiger partial charge is 0.481 e. The van der Waals surface area contributed by atoms with Gasteiger partial charge in [-0.05, 0) is 54.6 Å². The van der Waals surface area contributed by atoms with E-state index >= 15 is 0 Å². The van der Waals surface area contributed by atoms with E-state index in [1.807, 2.05) is 0 Å². The number of hydrogen-bond acceptors (Lipinski definition) is 4. The van der Waals surface area contributed by atoms with Crippen LogP contribution in [0.25, 0.3) is 0 Å². The van der Waals surface area contributed by atoms with Crippen LogP contribution in [0.4, 0.5) is 8.78 Å². The summed E-state index contributed by atoms with van der Waals surface area (Å²) in [5.41, 5.74) is -0.183. The van der Waals surface area contributed by atoms with Crippen molar-refractivity contribution in [2.24, 2.45) is 23.2 Å². The third-order valence-electron chi connectivity index (χ3n) is 7.43. The SMILES string of the molecule is CC(C)C[C@H](NC(=O)CNC(=O)c1cccc(F)c1F)B1O[C@@H]2C[C@@H]3CC([C@@H]2O1)C3(C)C. The van der Waals surface area contributed by atoms with E-state index < -0.39 is 36.1 Å². The highest BCUT2D eigenvalue weighted by Crippen LogP contribution is 2.61. The maximum Gasteiger partial charge on any atom is 0.481 e. The van der Waals surface area contributed by atoms with Crippen LogP contribution in [0, 0.1) is 34.8 Å². The smallest absolute Gasteiger partial charge is 0.404 e. The molecule has 5 rings (SSSR count). The Labute approximate surface area is 187 Å². The minimum Gasteiger partial charge on any atom is -0.404 e. The van der Waals surface area contributed by atoms with Gasteiger partial charge in [-0.3, -0.25) is 9.59 Å². The number of nitrogens with one attached hydrogen (secondary N) is 2. The predicted molar refractivity (Wildman–Crippen MR) is 116 cm³/mol. The first-order chi connectivity index (χ1) is 15.1. The van der Waals surface area contributed by atoms with Gasteiger partial charge in [0, 0.05) is 0 Å². The summed E-state index contributed by atoms with van der Waals surface area (Å²) in [7, 11) is -0.539. The van der Waals surface area contributed by atoms with Crippen LogP contribution in [0.2, 0.25) is 0 Å². The van der Waals surface area contributed by atoms with Gasteiger partial charge < -0.3 is 19.9 Å². The maximum atomic E-state index is 13.8. The van der Waals surface area contributed by atoms with Crippen molar-refractivity contribution in [1.82, 2.24) is 10.6 Å². The second-order valence-electron chi connectivity index (χ2n) is 10.3. The highest BCUT2D eigenvalue weighted by molar-refractivity contribution is 6.47. The molecule has 2 amide bonds. The van der Waals surface area contributed by atoms with Gasteiger partial charge in [-0.15, -0.1) is 0 Å². The van der Waals surface area contributed by atoms with E-state index in [2.05, 4.69) is 38.3 Å². The molecule has 0 spiro atoms. The summed E-state index contributed by atoms with van der Waals surface area (Å²) >= 11 is 0. The fraction of sp³-hybridized carbons (Fsp3) is 0.652. The Morgan fingerprint density at radius 3 is 2.66 bits per heavy atom. The summed E-state index contributed by atoms with van der Waals surface area (Å²) in [5.74, 6) is -2.60. The fourth-order valence-electron chi connectivity index (χ4n) is 5.49. The Morgan fingerprint density at radius 2 is 1.97 bits per heavy atom. The van der Waals surface area contributed by atoms with E-state index in [-0.39, 0.29) is 36.0 Å². The third kappa shape index (κ3) is 4.29. The summed E-state index contributed by atoms with van der Waals surface area (Å²) in [6, 6.07) is 3.34. The molecule has 174 valence electrons. The molecule has 1 heterocycles. The van der Waals surface area contributed by atoms with Gasteiger partial charge in [-0.1, -0.05) is 33.8 Å². The summed E-state index contributed by atoms with van der Waals surface area (Å²) in [6.45, 7) is 8.32. The molecule has 4 fully saturated rings. The van der Waals surface area contributed by atoms with Crippen molar-refractivity contribution >= 4 is 18.9 Å². The quantitative estimate of drug-likeness (QED) is 0.629. The van der Waals surface area contributed by atoms with Gasteiger partial charge in [0.2, 0.25) is 5.91 Å². The lowest BCUT2D eigenvalue weighted by Crippen LogP contribution is -2.59. The molecule has 0 aromatic heterocycles. The molecular weight excluding hydrogens is 417 g/mol. The molecule has 6 nitrogen and oxygen atoms in total. The van der Waals surface area contributed by atoms with Crippen LogP contribution in [-0.4, -0.2) is 43.6 Å². The lowest BCUT2D eigenvalue weighted by atomic mass is 9.47. The van der Waals surface area contributed by atoms with Crippen LogP contribution >= 0.6 is 0 Å².